The molecule has 1 atom stereocenters. The first-order valence-electron chi connectivity index (χ1n) is 18.2. The zero-order valence-electron chi connectivity index (χ0n) is 29.5. The van der Waals surface area contributed by atoms with Crippen molar-refractivity contribution in [3.05, 3.63) is 233 Å². The molecule has 0 radical (unpaired) electrons. The van der Waals surface area contributed by atoms with Gasteiger partial charge >= 0.3 is 0 Å². The van der Waals surface area contributed by atoms with Crippen LogP contribution in [-0.2, 0) is 5.41 Å². The van der Waals surface area contributed by atoms with Crippen molar-refractivity contribution >= 4 is 38.7 Å². The quantitative estimate of drug-likeness (QED) is 0.121. The van der Waals surface area contributed by atoms with Crippen LogP contribution in [0.2, 0.25) is 0 Å². The van der Waals surface area contributed by atoms with Gasteiger partial charge in [0.25, 0.3) is 0 Å². The van der Waals surface area contributed by atoms with Crippen LogP contribution in [-0.4, -0.2) is 11.5 Å². The zero-order chi connectivity index (χ0) is 36.2. The third-order valence-electron chi connectivity index (χ3n) is 10.9. The first kappa shape index (κ1) is 32.0. The molecule has 1 heterocycles. The van der Waals surface area contributed by atoms with E-state index >= 15 is 0 Å². The molecule has 8 aromatic rings. The molecular formula is C51H34N2S. The average Bonchev–Trinajstić information content (AvgIpc) is 3.87. The molecule has 2 nitrogen and oxygen atoms in total. The van der Waals surface area contributed by atoms with Crippen molar-refractivity contribution in [1.29, 1.82) is 0 Å². The van der Waals surface area contributed by atoms with Gasteiger partial charge in [0.15, 0.2) is 5.84 Å². The average molecular weight is 707 g/mol. The second kappa shape index (κ2) is 12.8. The number of nitrogens with zero attached hydrogens (tertiary/aromatic N) is 2. The van der Waals surface area contributed by atoms with Crippen molar-refractivity contribution in [2.45, 2.75) is 5.41 Å². The van der Waals surface area contributed by atoms with E-state index in [1.165, 1.54) is 59.5 Å². The van der Waals surface area contributed by atoms with Crippen LogP contribution in [0.3, 0.4) is 0 Å². The van der Waals surface area contributed by atoms with Crippen LogP contribution < -0.4 is 0 Å². The van der Waals surface area contributed by atoms with E-state index in [4.69, 9.17) is 9.98 Å². The van der Waals surface area contributed by atoms with Crippen LogP contribution in [0.25, 0.3) is 49.2 Å². The summed E-state index contributed by atoms with van der Waals surface area (Å²) in [5.74, 6) is 0.577. The van der Waals surface area contributed by atoms with Crippen LogP contribution >= 0.6 is 11.3 Å². The van der Waals surface area contributed by atoms with Crippen LogP contribution in [0.15, 0.2) is 205 Å². The summed E-state index contributed by atoms with van der Waals surface area (Å²) in [6.45, 7) is 8.48. The summed E-state index contributed by atoms with van der Waals surface area (Å²) in [6, 6.07) is 62.6. The van der Waals surface area contributed by atoms with Crippen LogP contribution in [0.5, 0.6) is 0 Å². The lowest BCUT2D eigenvalue weighted by atomic mass is 9.73. The number of hydrogen-bond acceptors (Lipinski definition) is 2. The smallest absolute Gasteiger partial charge is 0.160 e. The Morgan fingerprint density at radius 3 is 1.83 bits per heavy atom. The molecule has 0 bridgehead atoms. The summed E-state index contributed by atoms with van der Waals surface area (Å²) in [7, 11) is 0. The van der Waals surface area contributed by atoms with Crippen molar-refractivity contribution < 1.29 is 0 Å². The molecule has 1 spiro atoms. The third-order valence-corrected chi connectivity index (χ3v) is 12.2. The van der Waals surface area contributed by atoms with E-state index in [9.17, 15) is 0 Å². The molecule has 0 amide bonds. The summed E-state index contributed by atoms with van der Waals surface area (Å²) in [5, 5.41) is 1.33. The molecular weight excluding hydrogens is 673 g/mol. The number of fused-ring (bicyclic) bond motifs is 12. The number of rotatable bonds is 6. The van der Waals surface area contributed by atoms with Crippen molar-refractivity contribution in [3.8, 4) is 33.4 Å². The first-order chi connectivity index (χ1) is 26.7. The van der Waals surface area contributed by atoms with Gasteiger partial charge in [-0.3, -0.25) is 0 Å². The van der Waals surface area contributed by atoms with Gasteiger partial charge in [-0.1, -0.05) is 177 Å². The van der Waals surface area contributed by atoms with E-state index in [0.717, 1.165) is 28.0 Å². The molecule has 54 heavy (non-hydrogen) atoms. The van der Waals surface area contributed by atoms with Gasteiger partial charge in [-0.2, -0.15) is 0 Å². The Morgan fingerprint density at radius 2 is 1.09 bits per heavy atom. The molecule has 0 saturated carbocycles. The highest BCUT2D eigenvalue weighted by atomic mass is 32.1. The maximum atomic E-state index is 5.16. The number of benzene rings is 7. The van der Waals surface area contributed by atoms with Gasteiger partial charge in [-0.05, 0) is 68.3 Å². The predicted molar refractivity (Wildman–Crippen MR) is 229 cm³/mol. The highest BCUT2D eigenvalue weighted by Crippen LogP contribution is 2.66. The van der Waals surface area contributed by atoms with Gasteiger partial charge in [0.2, 0.25) is 0 Å². The van der Waals surface area contributed by atoms with Gasteiger partial charge in [0.05, 0.1) is 16.8 Å². The fourth-order valence-corrected chi connectivity index (χ4v) is 10.0. The minimum Gasteiger partial charge on any atom is -0.229 e. The van der Waals surface area contributed by atoms with E-state index in [1.807, 2.05) is 72.0 Å². The van der Waals surface area contributed by atoms with Crippen molar-refractivity contribution in [2.24, 2.45) is 9.98 Å². The maximum Gasteiger partial charge on any atom is 0.160 e. The Balaban J connectivity index is 1.19. The summed E-state index contributed by atoms with van der Waals surface area (Å²) in [4.78, 5) is 11.7. The van der Waals surface area contributed by atoms with Gasteiger partial charge < -0.3 is 0 Å². The molecule has 3 heteroatoms. The standard InChI is InChI=1S/C51H34N2S/c1-3-45(35-20-8-5-9-21-35)53-50(52-33(2)34-18-6-4-7-19-34)37-23-16-22-36(32-37)38-27-17-30-44-47(38)39-24-10-13-28-42(39)51(44)43-29-14-11-25-40(43)48-41-26-12-15-31-46(41)54-49(48)51/h3-32H,1-2H2. The molecule has 0 saturated heterocycles. The summed E-state index contributed by atoms with van der Waals surface area (Å²) in [5.41, 5.74) is 15.4. The Bertz CT molecular complexity index is 2860. The number of amidine groups is 1. The monoisotopic (exact) mass is 706 g/mol. The topological polar surface area (TPSA) is 24.7 Å². The molecule has 2 aliphatic rings. The molecule has 1 unspecified atom stereocenters. The van der Waals surface area contributed by atoms with E-state index in [2.05, 4.69) is 128 Å². The molecule has 1 aromatic heterocycles. The van der Waals surface area contributed by atoms with Crippen LogP contribution in [0, 0.1) is 0 Å². The fraction of sp³-hybridized carbons (Fsp3) is 0.0196. The lowest BCUT2D eigenvalue weighted by molar-refractivity contribution is 0.812. The van der Waals surface area contributed by atoms with E-state index in [-0.39, 0.29) is 0 Å². The van der Waals surface area contributed by atoms with Gasteiger partial charge in [-0.25, -0.2) is 9.98 Å². The van der Waals surface area contributed by atoms with Crippen molar-refractivity contribution in [1.82, 2.24) is 0 Å². The summed E-state index contributed by atoms with van der Waals surface area (Å²) in [6.07, 6.45) is 1.79. The van der Waals surface area contributed by atoms with Gasteiger partial charge in [-0.15, -0.1) is 11.3 Å². The van der Waals surface area contributed by atoms with E-state index < -0.39 is 5.41 Å². The van der Waals surface area contributed by atoms with E-state index in [1.54, 1.807) is 6.08 Å². The highest BCUT2D eigenvalue weighted by Gasteiger charge is 2.53. The Hall–Kier alpha value is -6.68. The fourth-order valence-electron chi connectivity index (χ4n) is 8.58. The Labute approximate surface area is 319 Å². The Morgan fingerprint density at radius 1 is 0.519 bits per heavy atom. The number of thiophene rings is 1. The molecule has 0 N–H and O–H groups in total. The minimum atomic E-state index is -0.409. The molecule has 10 rings (SSSR count). The molecule has 0 fully saturated rings. The largest absolute Gasteiger partial charge is 0.229 e. The number of aliphatic imine (C=N–C) groups is 2. The van der Waals surface area contributed by atoms with Crippen LogP contribution in [0.4, 0.5) is 0 Å². The maximum absolute atomic E-state index is 5.16. The predicted octanol–water partition coefficient (Wildman–Crippen LogP) is 13.0. The SMILES string of the molecule is C=CC(=NC(=NC(=C)c1ccccc1)c1cccc(-c2cccc3c2-c2ccccc2C32c3ccccc3-c3c2sc2ccccc32)c1)c1ccccc1. The summed E-state index contributed by atoms with van der Waals surface area (Å²) < 4.78 is 1.32. The molecule has 254 valence electrons. The normalized spacial score (nSPS) is 15.5. The molecule has 0 aliphatic heterocycles. The van der Waals surface area contributed by atoms with Gasteiger partial charge in [0, 0.05) is 31.7 Å². The third kappa shape index (κ3) is 4.79. The van der Waals surface area contributed by atoms with Crippen molar-refractivity contribution in [2.75, 3.05) is 0 Å². The van der Waals surface area contributed by atoms with E-state index in [0.29, 0.717) is 11.5 Å². The zero-order valence-corrected chi connectivity index (χ0v) is 30.4. The number of hydrogen-bond donors (Lipinski definition) is 0. The molecule has 7 aromatic carbocycles. The number of allylic oxidation sites excluding steroid dienone is 1. The van der Waals surface area contributed by atoms with Crippen molar-refractivity contribution in [3.63, 3.8) is 0 Å². The lowest BCUT2D eigenvalue weighted by Crippen LogP contribution is -2.24. The van der Waals surface area contributed by atoms with Crippen LogP contribution in [0.1, 0.15) is 38.3 Å². The highest BCUT2D eigenvalue weighted by molar-refractivity contribution is 7.20. The second-order valence-electron chi connectivity index (χ2n) is 13.8. The minimum absolute atomic E-state index is 0.409. The summed E-state index contributed by atoms with van der Waals surface area (Å²) >= 11 is 1.94. The second-order valence-corrected chi connectivity index (χ2v) is 14.8. The first-order valence-corrected chi connectivity index (χ1v) is 19.0. The van der Waals surface area contributed by atoms with Gasteiger partial charge in [0.1, 0.15) is 0 Å². The Kier molecular flexibility index (Phi) is 7.57. The lowest BCUT2D eigenvalue weighted by Gasteiger charge is -2.29. The molecule has 2 aliphatic carbocycles.